The van der Waals surface area contributed by atoms with Crippen LogP contribution in [-0.4, -0.2) is 51.5 Å². The molecule has 5 heteroatoms. The molecule has 0 aromatic heterocycles. The summed E-state index contributed by atoms with van der Waals surface area (Å²) in [5.41, 5.74) is 1.30. The smallest absolute Gasteiger partial charge is 0.152 e. The van der Waals surface area contributed by atoms with Crippen molar-refractivity contribution >= 4 is 9.84 Å². The highest BCUT2D eigenvalue weighted by atomic mass is 32.2. The summed E-state index contributed by atoms with van der Waals surface area (Å²) in [6.45, 7) is 6.67. The molecule has 0 bridgehead atoms. The molecule has 0 amide bonds. The Morgan fingerprint density at radius 3 is 2.29 bits per heavy atom. The Kier molecular flexibility index (Phi) is 5.07. The summed E-state index contributed by atoms with van der Waals surface area (Å²) in [5.74, 6) is 0.581. The molecule has 1 N–H and O–H groups in total. The Morgan fingerprint density at radius 2 is 1.76 bits per heavy atom. The second-order valence-corrected chi connectivity index (χ2v) is 8.85. The van der Waals surface area contributed by atoms with E-state index in [2.05, 4.69) is 48.3 Å². The third kappa shape index (κ3) is 4.28. The maximum Gasteiger partial charge on any atom is 0.152 e. The van der Waals surface area contributed by atoms with Gasteiger partial charge in [-0.15, -0.1) is 0 Å². The van der Waals surface area contributed by atoms with Gasteiger partial charge < -0.3 is 10.2 Å². The zero-order valence-electron chi connectivity index (χ0n) is 13.2. The Balaban J connectivity index is 2.06. The number of nitrogens with zero attached hydrogens (tertiary/aromatic N) is 1. The number of hydrogen-bond donors (Lipinski definition) is 1. The molecule has 1 aliphatic rings. The summed E-state index contributed by atoms with van der Waals surface area (Å²) in [5, 5.41) is 3.42. The average Bonchev–Trinajstić information content (AvgIpc) is 2.43. The van der Waals surface area contributed by atoms with Crippen LogP contribution >= 0.6 is 0 Å². The van der Waals surface area contributed by atoms with Crippen molar-refractivity contribution in [2.45, 2.75) is 19.9 Å². The molecule has 21 heavy (non-hydrogen) atoms. The van der Waals surface area contributed by atoms with E-state index in [1.54, 1.807) is 0 Å². The van der Waals surface area contributed by atoms with Crippen molar-refractivity contribution in [3.8, 4) is 0 Å². The number of nitrogens with one attached hydrogen (secondary N) is 1. The number of benzene rings is 1. The Labute approximate surface area is 128 Å². The normalized spacial score (nSPS) is 21.1. The molecular formula is C16H26N2O2S. The van der Waals surface area contributed by atoms with Gasteiger partial charge in [0.2, 0.25) is 0 Å². The van der Waals surface area contributed by atoms with Crippen LogP contribution in [0.5, 0.6) is 0 Å². The van der Waals surface area contributed by atoms with E-state index >= 15 is 0 Å². The fraction of sp³-hybridized carbons (Fsp3) is 0.625. The first-order valence-corrected chi connectivity index (χ1v) is 9.31. The van der Waals surface area contributed by atoms with Gasteiger partial charge in [-0.05, 0) is 18.0 Å². The van der Waals surface area contributed by atoms with Crippen LogP contribution in [0, 0.1) is 5.41 Å². The third-order valence-electron chi connectivity index (χ3n) is 4.27. The maximum absolute atomic E-state index is 11.5. The summed E-state index contributed by atoms with van der Waals surface area (Å²) in [4.78, 5) is 2.27. The second kappa shape index (κ2) is 6.46. The third-order valence-corrected chi connectivity index (χ3v) is 5.88. The molecule has 1 aromatic rings. The van der Waals surface area contributed by atoms with Gasteiger partial charge in [-0.1, -0.05) is 44.2 Å². The minimum absolute atomic E-state index is 0.0250. The van der Waals surface area contributed by atoms with Gasteiger partial charge in [-0.2, -0.15) is 0 Å². The molecular weight excluding hydrogens is 284 g/mol. The van der Waals surface area contributed by atoms with Gasteiger partial charge in [-0.3, -0.25) is 0 Å². The van der Waals surface area contributed by atoms with Crippen LogP contribution in [0.1, 0.15) is 25.5 Å². The van der Waals surface area contributed by atoms with E-state index in [4.69, 9.17) is 0 Å². The standard InChI is InChI=1S/C16H26N2O2S/c1-16(2,13-18-9-11-21(19,20)12-10-18)15(17-3)14-7-5-4-6-8-14/h4-8,15,17H,9-13H2,1-3H3. The first kappa shape index (κ1) is 16.5. The van der Waals surface area contributed by atoms with E-state index in [1.807, 2.05) is 13.1 Å². The van der Waals surface area contributed by atoms with Crippen molar-refractivity contribution in [2.75, 3.05) is 38.2 Å². The minimum atomic E-state index is -2.81. The molecule has 118 valence electrons. The van der Waals surface area contributed by atoms with Gasteiger partial charge in [0.1, 0.15) is 0 Å². The van der Waals surface area contributed by atoms with Crippen LogP contribution in [-0.2, 0) is 9.84 Å². The molecule has 1 atom stereocenters. The van der Waals surface area contributed by atoms with E-state index in [-0.39, 0.29) is 11.5 Å². The Bertz CT molecular complexity index is 541. The molecule has 1 unspecified atom stereocenters. The maximum atomic E-state index is 11.5. The lowest BCUT2D eigenvalue weighted by molar-refractivity contribution is 0.147. The highest BCUT2D eigenvalue weighted by Crippen LogP contribution is 2.34. The van der Waals surface area contributed by atoms with Crippen LogP contribution in [0.25, 0.3) is 0 Å². The van der Waals surface area contributed by atoms with Crippen molar-refractivity contribution in [1.82, 2.24) is 10.2 Å². The molecule has 1 aromatic carbocycles. The van der Waals surface area contributed by atoms with E-state index < -0.39 is 9.84 Å². The van der Waals surface area contributed by atoms with Crippen molar-refractivity contribution in [2.24, 2.45) is 5.41 Å². The van der Waals surface area contributed by atoms with Crippen LogP contribution < -0.4 is 5.32 Å². The van der Waals surface area contributed by atoms with Crippen LogP contribution in [0.15, 0.2) is 30.3 Å². The molecule has 1 fully saturated rings. The molecule has 0 radical (unpaired) electrons. The van der Waals surface area contributed by atoms with Crippen molar-refractivity contribution in [3.05, 3.63) is 35.9 Å². The molecule has 0 spiro atoms. The van der Waals surface area contributed by atoms with E-state index in [0.29, 0.717) is 24.6 Å². The van der Waals surface area contributed by atoms with Gasteiger partial charge in [-0.25, -0.2) is 8.42 Å². The topological polar surface area (TPSA) is 49.4 Å². The van der Waals surface area contributed by atoms with Gasteiger partial charge in [0.05, 0.1) is 11.5 Å². The van der Waals surface area contributed by atoms with Crippen molar-refractivity contribution in [3.63, 3.8) is 0 Å². The lowest BCUT2D eigenvalue weighted by Gasteiger charge is -2.40. The molecule has 1 heterocycles. The summed E-state index contributed by atoms with van der Waals surface area (Å²) in [6.07, 6.45) is 0. The van der Waals surface area contributed by atoms with Crippen LogP contribution in [0.4, 0.5) is 0 Å². The van der Waals surface area contributed by atoms with E-state index in [9.17, 15) is 8.42 Å². The average molecular weight is 310 g/mol. The predicted octanol–water partition coefficient (Wildman–Crippen LogP) is 1.70. The van der Waals surface area contributed by atoms with E-state index in [0.717, 1.165) is 6.54 Å². The predicted molar refractivity (Wildman–Crippen MR) is 87.1 cm³/mol. The quantitative estimate of drug-likeness (QED) is 0.899. The molecule has 4 nitrogen and oxygen atoms in total. The first-order valence-electron chi connectivity index (χ1n) is 7.49. The van der Waals surface area contributed by atoms with Crippen LogP contribution in [0.2, 0.25) is 0 Å². The number of sulfone groups is 1. The van der Waals surface area contributed by atoms with Gasteiger partial charge in [0.25, 0.3) is 0 Å². The zero-order valence-corrected chi connectivity index (χ0v) is 14.0. The van der Waals surface area contributed by atoms with Crippen LogP contribution in [0.3, 0.4) is 0 Å². The summed E-state index contributed by atoms with van der Waals surface area (Å²) in [6, 6.07) is 10.7. The fourth-order valence-electron chi connectivity index (χ4n) is 3.23. The Morgan fingerprint density at radius 1 is 1.19 bits per heavy atom. The molecule has 2 rings (SSSR count). The largest absolute Gasteiger partial charge is 0.313 e. The zero-order chi connectivity index (χ0) is 15.5. The molecule has 0 saturated carbocycles. The number of rotatable bonds is 5. The summed E-state index contributed by atoms with van der Waals surface area (Å²) < 4.78 is 23.1. The summed E-state index contributed by atoms with van der Waals surface area (Å²) >= 11 is 0. The Hall–Kier alpha value is -0.910. The van der Waals surface area contributed by atoms with Gasteiger partial charge in [0.15, 0.2) is 9.84 Å². The fourth-order valence-corrected chi connectivity index (χ4v) is 4.51. The molecule has 0 aliphatic carbocycles. The van der Waals surface area contributed by atoms with Gasteiger partial charge in [0, 0.05) is 25.7 Å². The minimum Gasteiger partial charge on any atom is -0.313 e. The second-order valence-electron chi connectivity index (χ2n) is 6.55. The highest BCUT2D eigenvalue weighted by molar-refractivity contribution is 7.91. The first-order chi connectivity index (χ1) is 9.84. The number of hydrogen-bond acceptors (Lipinski definition) is 4. The monoisotopic (exact) mass is 310 g/mol. The highest BCUT2D eigenvalue weighted by Gasteiger charge is 2.33. The van der Waals surface area contributed by atoms with Gasteiger partial charge >= 0.3 is 0 Å². The lowest BCUT2D eigenvalue weighted by Crippen LogP contribution is -2.47. The summed E-state index contributed by atoms with van der Waals surface area (Å²) in [7, 11) is -0.820. The molecule has 1 aliphatic heterocycles. The van der Waals surface area contributed by atoms with Crippen molar-refractivity contribution in [1.29, 1.82) is 0 Å². The SMILES string of the molecule is CNC(c1ccccc1)C(C)(C)CN1CCS(=O)(=O)CC1. The van der Waals surface area contributed by atoms with E-state index in [1.165, 1.54) is 5.56 Å². The molecule has 1 saturated heterocycles. The lowest BCUT2D eigenvalue weighted by atomic mass is 9.80. The van der Waals surface area contributed by atoms with Crippen molar-refractivity contribution < 1.29 is 8.42 Å².